The van der Waals surface area contributed by atoms with Gasteiger partial charge in [0, 0.05) is 57.3 Å². The Balaban J connectivity index is 1.06. The average Bonchev–Trinajstić information content (AvgIpc) is 3.24. The molecule has 1 unspecified atom stereocenters. The molecule has 0 amide bonds. The maximum atomic E-state index is 12.4. The number of ether oxygens (including phenoxy) is 2. The number of hydrogen-bond acceptors (Lipinski definition) is 7. The zero-order valence-corrected chi connectivity index (χ0v) is 21.4. The Morgan fingerprint density at radius 3 is 2.72 bits per heavy atom. The molecule has 0 saturated carbocycles. The number of para-hydroxylation sites is 1. The van der Waals surface area contributed by atoms with Crippen LogP contribution < -0.4 is 10.2 Å². The van der Waals surface area contributed by atoms with Crippen molar-refractivity contribution >= 4 is 22.6 Å². The van der Waals surface area contributed by atoms with Gasteiger partial charge in [0.05, 0.1) is 11.1 Å². The number of nitrogens with zero attached hydrogens (tertiary/aromatic N) is 4. The van der Waals surface area contributed by atoms with E-state index < -0.39 is 0 Å². The van der Waals surface area contributed by atoms with Crippen LogP contribution in [0.1, 0.15) is 53.6 Å². The first-order chi connectivity index (χ1) is 17.6. The Labute approximate surface area is 213 Å². The number of benzene rings is 1. The van der Waals surface area contributed by atoms with Gasteiger partial charge in [0.15, 0.2) is 12.1 Å². The molecule has 0 bridgehead atoms. The molecular weight excluding hydrogens is 454 g/mol. The average molecular weight is 492 g/mol. The van der Waals surface area contributed by atoms with Crippen LogP contribution in [0, 0.1) is 12.8 Å². The second-order valence-corrected chi connectivity index (χ2v) is 10.1. The third kappa shape index (κ3) is 5.77. The van der Waals surface area contributed by atoms with Gasteiger partial charge in [0.25, 0.3) is 0 Å². The van der Waals surface area contributed by atoms with Gasteiger partial charge < -0.3 is 24.3 Å². The minimum atomic E-state index is -0.269. The highest BCUT2D eigenvalue weighted by Crippen LogP contribution is 2.24. The van der Waals surface area contributed by atoms with Crippen molar-refractivity contribution < 1.29 is 14.3 Å². The summed E-state index contributed by atoms with van der Waals surface area (Å²) in [6.07, 6.45) is 10.4. The van der Waals surface area contributed by atoms with Crippen LogP contribution in [-0.4, -0.2) is 59.5 Å². The highest BCUT2D eigenvalue weighted by atomic mass is 16.7. The molecule has 8 heteroatoms. The molecule has 2 fully saturated rings. The van der Waals surface area contributed by atoms with Crippen molar-refractivity contribution in [2.24, 2.45) is 13.0 Å². The highest BCUT2D eigenvalue weighted by Gasteiger charge is 2.22. The summed E-state index contributed by atoms with van der Waals surface area (Å²) in [6, 6.07) is 6.53. The first kappa shape index (κ1) is 24.9. The van der Waals surface area contributed by atoms with Crippen molar-refractivity contribution in [1.82, 2.24) is 19.9 Å². The molecule has 3 aromatic rings. The molecule has 192 valence electrons. The zero-order valence-electron chi connectivity index (χ0n) is 21.4. The van der Waals surface area contributed by atoms with Crippen LogP contribution in [0.15, 0.2) is 36.8 Å². The predicted octanol–water partition coefficient (Wildman–Crippen LogP) is 4.01. The van der Waals surface area contributed by atoms with Crippen LogP contribution in [0.25, 0.3) is 10.9 Å². The van der Waals surface area contributed by atoms with Crippen molar-refractivity contribution in [1.29, 1.82) is 0 Å². The second kappa shape index (κ2) is 11.5. The molecule has 2 aliphatic heterocycles. The molecule has 0 spiro atoms. The van der Waals surface area contributed by atoms with Crippen LogP contribution in [-0.2, 0) is 23.1 Å². The van der Waals surface area contributed by atoms with E-state index in [2.05, 4.69) is 63.1 Å². The molecule has 2 saturated heterocycles. The molecule has 0 radical (unpaired) electrons. The lowest BCUT2D eigenvalue weighted by atomic mass is 9.97. The molecule has 4 heterocycles. The lowest BCUT2D eigenvalue weighted by Crippen LogP contribution is -2.38. The number of aromatic nitrogens is 3. The van der Waals surface area contributed by atoms with E-state index in [0.717, 1.165) is 58.3 Å². The number of Topliss-reactive ketones (excluding diaryl/α,β-unsaturated/α-hetero) is 1. The maximum Gasteiger partial charge on any atom is 0.225 e. The molecule has 2 aliphatic rings. The van der Waals surface area contributed by atoms with Crippen molar-refractivity contribution in [3.63, 3.8) is 0 Å². The number of ketones is 1. The van der Waals surface area contributed by atoms with Gasteiger partial charge in [-0.3, -0.25) is 4.79 Å². The Hall–Kier alpha value is -2.81. The predicted molar refractivity (Wildman–Crippen MR) is 140 cm³/mol. The van der Waals surface area contributed by atoms with E-state index in [1.807, 2.05) is 0 Å². The largest absolute Gasteiger partial charge is 0.353 e. The monoisotopic (exact) mass is 491 g/mol. The minimum Gasteiger partial charge on any atom is -0.353 e. The first-order valence-corrected chi connectivity index (χ1v) is 13.2. The van der Waals surface area contributed by atoms with E-state index in [1.54, 1.807) is 12.4 Å². The molecule has 0 aliphatic carbocycles. The highest BCUT2D eigenvalue weighted by molar-refractivity contribution is 5.96. The number of hydrogen-bond donors (Lipinski definition) is 1. The summed E-state index contributed by atoms with van der Waals surface area (Å²) < 4.78 is 13.4. The Kier molecular flexibility index (Phi) is 7.94. The molecule has 5 rings (SSSR count). The van der Waals surface area contributed by atoms with Crippen LogP contribution in [0.3, 0.4) is 0 Å². The first-order valence-electron chi connectivity index (χ1n) is 13.2. The van der Waals surface area contributed by atoms with E-state index in [4.69, 9.17) is 9.47 Å². The van der Waals surface area contributed by atoms with E-state index in [9.17, 15) is 4.79 Å². The van der Waals surface area contributed by atoms with Crippen LogP contribution in [0.4, 0.5) is 5.95 Å². The molecule has 8 nitrogen and oxygen atoms in total. The van der Waals surface area contributed by atoms with Gasteiger partial charge in [0.2, 0.25) is 5.95 Å². The van der Waals surface area contributed by atoms with Crippen molar-refractivity contribution in [2.45, 2.75) is 51.9 Å². The second-order valence-electron chi connectivity index (χ2n) is 10.1. The molecular formula is C28H37N5O3. The Morgan fingerprint density at radius 1 is 1.17 bits per heavy atom. The van der Waals surface area contributed by atoms with Gasteiger partial charge >= 0.3 is 0 Å². The number of carbonyl (C=O) groups is 1. The summed E-state index contributed by atoms with van der Waals surface area (Å²) in [5, 5.41) is 5.03. The summed E-state index contributed by atoms with van der Waals surface area (Å²) in [5.41, 5.74) is 4.47. The topological polar surface area (TPSA) is 81.5 Å². The lowest BCUT2D eigenvalue weighted by molar-refractivity contribution is -0.155. The van der Waals surface area contributed by atoms with E-state index in [0.29, 0.717) is 24.0 Å². The van der Waals surface area contributed by atoms with Crippen molar-refractivity contribution in [3.05, 3.63) is 53.5 Å². The standard InChI is InChI=1S/C28H37N5O3/c1-20-6-5-7-24-23(18-32(2)27(20)24)15-29-14-21-9-11-33(12-10-21)28-30-16-22(17-31-28)25(34)19-36-26-8-3-4-13-35-26/h5-7,16-18,21,26,29H,3-4,8-15,19H2,1-2H3. The summed E-state index contributed by atoms with van der Waals surface area (Å²) in [4.78, 5) is 23.6. The van der Waals surface area contributed by atoms with Crippen molar-refractivity contribution in [2.75, 3.05) is 37.7 Å². The fourth-order valence-electron chi connectivity index (χ4n) is 5.37. The van der Waals surface area contributed by atoms with Gasteiger partial charge in [-0.1, -0.05) is 18.2 Å². The normalized spacial score (nSPS) is 19.2. The van der Waals surface area contributed by atoms with E-state index in [1.165, 1.54) is 22.0 Å². The molecule has 36 heavy (non-hydrogen) atoms. The summed E-state index contributed by atoms with van der Waals surface area (Å²) in [6.45, 7) is 6.62. The zero-order chi connectivity index (χ0) is 24.9. The smallest absolute Gasteiger partial charge is 0.225 e. The number of anilines is 1. The Morgan fingerprint density at radius 2 is 1.97 bits per heavy atom. The summed E-state index contributed by atoms with van der Waals surface area (Å²) in [5.74, 6) is 1.22. The maximum absolute atomic E-state index is 12.4. The van der Waals surface area contributed by atoms with E-state index >= 15 is 0 Å². The summed E-state index contributed by atoms with van der Waals surface area (Å²) in [7, 11) is 2.12. The van der Waals surface area contributed by atoms with Gasteiger partial charge in [-0.2, -0.15) is 0 Å². The van der Waals surface area contributed by atoms with Crippen LogP contribution in [0.2, 0.25) is 0 Å². The van der Waals surface area contributed by atoms with Crippen LogP contribution in [0.5, 0.6) is 0 Å². The van der Waals surface area contributed by atoms with Gasteiger partial charge in [-0.05, 0) is 62.6 Å². The van der Waals surface area contributed by atoms with Gasteiger partial charge in [0.1, 0.15) is 6.61 Å². The number of aryl methyl sites for hydroxylation is 2. The summed E-state index contributed by atoms with van der Waals surface area (Å²) >= 11 is 0. The SMILES string of the molecule is Cc1cccc2c(CNCC3CCN(c4ncc(C(=O)COC5CCCCO5)cn4)CC3)cn(C)c12. The minimum absolute atomic E-state index is 0.00412. The fourth-order valence-corrected chi connectivity index (χ4v) is 5.37. The number of piperidine rings is 1. The molecule has 1 atom stereocenters. The molecule has 1 aromatic carbocycles. The van der Waals surface area contributed by atoms with Crippen LogP contribution >= 0.6 is 0 Å². The van der Waals surface area contributed by atoms with Gasteiger partial charge in [-0.15, -0.1) is 0 Å². The number of carbonyl (C=O) groups excluding carboxylic acids is 1. The third-order valence-electron chi connectivity index (χ3n) is 7.43. The quantitative estimate of drug-likeness (QED) is 0.453. The van der Waals surface area contributed by atoms with E-state index in [-0.39, 0.29) is 18.7 Å². The number of nitrogens with one attached hydrogen (secondary N) is 1. The van der Waals surface area contributed by atoms with Gasteiger partial charge in [-0.25, -0.2) is 9.97 Å². The molecule has 1 N–H and O–H groups in total. The van der Waals surface area contributed by atoms with Crippen molar-refractivity contribution in [3.8, 4) is 0 Å². The Bertz CT molecular complexity index is 1160. The molecule has 2 aromatic heterocycles. The number of fused-ring (bicyclic) bond motifs is 1. The third-order valence-corrected chi connectivity index (χ3v) is 7.43. The lowest BCUT2D eigenvalue weighted by Gasteiger charge is -2.32. The fraction of sp³-hybridized carbons (Fsp3) is 0.536. The number of rotatable bonds is 9.